The number of amides is 9. The Bertz CT molecular complexity index is 5570. The molecule has 4 aliphatic heterocycles. The summed E-state index contributed by atoms with van der Waals surface area (Å²) in [5, 5.41) is 29.0. The number of pyridine rings is 1. The molecule has 9 fully saturated rings. The lowest BCUT2D eigenvalue weighted by Gasteiger charge is -2.38. The average molecular weight is 1760 g/mol. The minimum Gasteiger partial charge on any atom is -0.446 e. The third-order valence-electron chi connectivity index (χ3n) is 26.2. The molecule has 12 N–H and O–H groups in total. The number of ether oxygens (including phenoxy) is 1. The zero-order valence-corrected chi connectivity index (χ0v) is 72.5. The van der Waals surface area contributed by atoms with Crippen LogP contribution in [0, 0.1) is 61.7 Å². The van der Waals surface area contributed by atoms with Crippen LogP contribution in [0.3, 0.4) is 0 Å². The Labute approximate surface area is 747 Å². The van der Waals surface area contributed by atoms with Gasteiger partial charge in [0.1, 0.15) is 56.3 Å². The summed E-state index contributed by atoms with van der Waals surface area (Å²) in [4.78, 5) is 137. The first kappa shape index (κ1) is 91.7. The highest BCUT2D eigenvalue weighted by atomic mass is 19.1. The molecule has 35 nitrogen and oxygen atoms in total. The van der Waals surface area contributed by atoms with Gasteiger partial charge in [-0.15, -0.1) is 0 Å². The number of hydrogen-bond donors (Lipinski definition) is 8. The van der Waals surface area contributed by atoms with Gasteiger partial charge in [0, 0.05) is 138 Å². The molecule has 1 atom stereocenters. The molecular weight excluding hydrogens is 1650 g/mol. The molecule has 4 saturated heterocycles. The Morgan fingerprint density at radius 3 is 1.12 bits per heavy atom. The van der Waals surface area contributed by atoms with Crippen molar-refractivity contribution in [2.24, 2.45) is 52.5 Å². The quantitative estimate of drug-likeness (QED) is 0.0194. The lowest BCUT2D eigenvalue weighted by molar-refractivity contribution is -0.118. The van der Waals surface area contributed by atoms with Crippen LogP contribution in [-0.2, 0) is 65.6 Å². The molecule has 8 aromatic rings. The van der Waals surface area contributed by atoms with E-state index in [2.05, 4.69) is 129 Å². The number of carbonyl (C=O) groups is 9. The highest BCUT2D eigenvalue weighted by Crippen LogP contribution is 2.42. The van der Waals surface area contributed by atoms with Crippen molar-refractivity contribution < 1.29 is 52.3 Å². The van der Waals surface area contributed by atoms with Crippen LogP contribution < -0.4 is 44.2 Å². The van der Waals surface area contributed by atoms with Crippen LogP contribution in [0.4, 0.5) is 32.5 Å². The molecule has 3 aromatic carbocycles. The summed E-state index contributed by atoms with van der Waals surface area (Å²) in [7, 11) is 0. The number of nitrogens with zero attached hydrogens (tertiary/aromatic N) is 17. The van der Waals surface area contributed by atoms with Gasteiger partial charge >= 0.3 is 6.09 Å². The maximum Gasteiger partial charge on any atom is 0.410 e. The molecule has 674 valence electrons. The smallest absolute Gasteiger partial charge is 0.410 e. The molecule has 9 amide bonds. The van der Waals surface area contributed by atoms with Gasteiger partial charge in [-0.25, -0.2) is 35.5 Å². The molecule has 36 heteroatoms. The maximum atomic E-state index is 14.0. The Balaban J connectivity index is 0.000000139. The normalized spacial score (nSPS) is 18.7. The zero-order chi connectivity index (χ0) is 91.2. The second-order valence-corrected chi connectivity index (χ2v) is 35.6. The third kappa shape index (κ3) is 22.9. The summed E-state index contributed by atoms with van der Waals surface area (Å²) in [6.45, 7) is 40.4. The number of piperidine rings is 4. The van der Waals surface area contributed by atoms with Crippen LogP contribution in [-0.4, -0.2) is 208 Å². The largest absolute Gasteiger partial charge is 0.446 e. The fourth-order valence-electron chi connectivity index (χ4n) is 17.1. The Morgan fingerprint density at radius 2 is 0.783 bits per heavy atom. The number of primary amides is 4. The molecule has 1 unspecified atom stereocenters. The Kier molecular flexibility index (Phi) is 28.9. The third-order valence-corrected chi connectivity index (χ3v) is 26.2. The van der Waals surface area contributed by atoms with Gasteiger partial charge in [0.25, 0.3) is 23.6 Å². The number of nitrogens with two attached hydrogens (primary N) is 4. The van der Waals surface area contributed by atoms with Crippen molar-refractivity contribution in [3.05, 3.63) is 218 Å². The van der Waals surface area contributed by atoms with Crippen molar-refractivity contribution in [3.63, 3.8) is 0 Å². The van der Waals surface area contributed by atoms with E-state index in [9.17, 15) is 47.5 Å². The van der Waals surface area contributed by atoms with Gasteiger partial charge in [-0.3, -0.25) is 71.9 Å². The molecule has 9 heterocycles. The fourth-order valence-corrected chi connectivity index (χ4v) is 17.1. The van der Waals surface area contributed by atoms with E-state index in [1.165, 1.54) is 23.4 Å². The first-order valence-electron chi connectivity index (χ1n) is 44.3. The topological polar surface area (TPSA) is 430 Å². The first-order valence-corrected chi connectivity index (χ1v) is 44.3. The highest BCUT2D eigenvalue weighted by Gasteiger charge is 2.48. The van der Waals surface area contributed by atoms with Crippen LogP contribution in [0.5, 0.6) is 0 Å². The number of hydrogen-bond acceptors (Lipinski definition) is 18. The van der Waals surface area contributed by atoms with Crippen LogP contribution in [0.25, 0.3) is 30.6 Å². The molecule has 5 saturated carbocycles. The number of nitrogens with one attached hydrogen (secondary N) is 4. The zero-order valence-electron chi connectivity index (χ0n) is 72.5. The van der Waals surface area contributed by atoms with Gasteiger partial charge in [0.15, 0.2) is 23.3 Å². The second kappa shape index (κ2) is 40.6. The monoisotopic (exact) mass is 1760 g/mol. The number of rotatable bonds is 30. The van der Waals surface area contributed by atoms with E-state index in [4.69, 9.17) is 54.0 Å². The molecule has 5 aromatic heterocycles. The molecule has 5 aliphatic carbocycles. The molecule has 0 radical (unpaired) electrons. The fraction of sp³-hybridized carbons (Fsp3) is 0.484. The van der Waals surface area contributed by atoms with Crippen molar-refractivity contribution in [1.29, 1.82) is 0 Å². The number of aromatic nitrogens is 9. The summed E-state index contributed by atoms with van der Waals surface area (Å²) in [5.41, 5.74) is 25.7. The molecular formula is C93H110FN25O10. The van der Waals surface area contributed by atoms with Gasteiger partial charge in [0.05, 0.1) is 5.69 Å². The number of carbonyl (C=O) groups excluding carboxylic acids is 9. The van der Waals surface area contributed by atoms with E-state index in [1.807, 2.05) is 37.3 Å². The van der Waals surface area contributed by atoms with Gasteiger partial charge in [-0.2, -0.15) is 20.4 Å². The second-order valence-electron chi connectivity index (χ2n) is 35.6. The van der Waals surface area contributed by atoms with Crippen LogP contribution in [0.2, 0.25) is 0 Å². The average Bonchev–Trinajstić information content (AvgIpc) is 1.65. The predicted molar refractivity (Wildman–Crippen MR) is 477 cm³/mol. The number of anilines is 4. The summed E-state index contributed by atoms with van der Waals surface area (Å²) >= 11 is 0. The van der Waals surface area contributed by atoms with Crippen molar-refractivity contribution in [1.82, 2.24) is 63.7 Å². The summed E-state index contributed by atoms with van der Waals surface area (Å²) < 4.78 is 26.2. The van der Waals surface area contributed by atoms with Crippen LogP contribution in [0.15, 0.2) is 128 Å². The van der Waals surface area contributed by atoms with E-state index < -0.39 is 45.8 Å². The summed E-state index contributed by atoms with van der Waals surface area (Å²) in [5.74, 6) is -2.40. The Hall–Kier alpha value is -13.6. The standard InChI is InChI=1S/C27H29N7O2.C23H28N6O2.C22H25FN6O2.C21H28N6O4/c1-29-18-27(34-17-22(24(28)35)25(32-34)31-26(36)21-9-10-21)11-14-33(15-12-27)16-19-5-7-20(8-6-19)23-4-2-3-13-30-23;1-25-16-23(10-13-28(14-11-23)12-9-17-5-3-2-4-6-17)29-15-19(20(24)30)21(27-29)26-22(31)18-7-8-18;1-25-14-22(8-10-28(11-9-22)12-16-4-2-3-5-18(16)23)29-13-17(19(24)30)20(27-29)26-21(31)15-6-7-15;1-13(14-3-4-14)31-20(30)26-9-7-21(8-10-26,12-23-2)27-11-16(17(22)28)18(25-27)24-19(29)15-5-6-15/h2-8,13,17,21H,9-12,14-16,18H2,(H2,28,35)(H,31,32,36);2-6,15,18H,7-14,16H2,(H2,24,30)(H,26,27,31);2-5,13,15H,6-12,14H2,(H2,24,30)(H,26,27,31);11,13-15H,3-10,12H2,1H3,(H2,22,28)(H,24,25,29). The lowest BCUT2D eigenvalue weighted by atomic mass is 9.87. The predicted octanol–water partition coefficient (Wildman–Crippen LogP) is 9.94. The summed E-state index contributed by atoms with van der Waals surface area (Å²) in [6.07, 6.45) is 22.7. The molecule has 17 rings (SSSR count). The maximum absolute atomic E-state index is 14.0. The molecule has 0 spiro atoms. The molecule has 129 heavy (non-hydrogen) atoms. The summed E-state index contributed by atoms with van der Waals surface area (Å²) in [6, 6.07) is 31.5. The highest BCUT2D eigenvalue weighted by molar-refractivity contribution is 6.05. The minimum atomic E-state index is -0.689. The van der Waals surface area contributed by atoms with E-state index in [0.29, 0.717) is 82.7 Å². The minimum absolute atomic E-state index is 0.00377. The van der Waals surface area contributed by atoms with Gasteiger partial charge in [-0.1, -0.05) is 78.9 Å². The van der Waals surface area contributed by atoms with E-state index in [-0.39, 0.29) is 137 Å². The lowest BCUT2D eigenvalue weighted by Crippen LogP contribution is -2.50. The van der Waals surface area contributed by atoms with Crippen molar-refractivity contribution in [3.8, 4) is 11.3 Å². The van der Waals surface area contributed by atoms with E-state index >= 15 is 0 Å². The van der Waals surface area contributed by atoms with Crippen molar-refractivity contribution in [2.45, 2.75) is 170 Å². The van der Waals surface area contributed by atoms with E-state index in [0.717, 1.165) is 134 Å². The van der Waals surface area contributed by atoms with Gasteiger partial charge in [0.2, 0.25) is 49.8 Å². The van der Waals surface area contributed by atoms with Crippen LogP contribution >= 0.6 is 0 Å². The number of halogens is 1. The van der Waals surface area contributed by atoms with Gasteiger partial charge < -0.3 is 78.1 Å². The number of benzene rings is 3. The van der Waals surface area contributed by atoms with E-state index in [1.54, 1.807) is 60.5 Å². The van der Waals surface area contributed by atoms with Crippen molar-refractivity contribution in [2.75, 3.05) is 106 Å². The van der Waals surface area contributed by atoms with Crippen molar-refractivity contribution >= 4 is 76.6 Å². The molecule has 9 aliphatic rings. The first-order chi connectivity index (χ1) is 62.2. The molecule has 0 bridgehead atoms. The SMILES string of the molecule is [C-]#[N+]CC1(n2cc(C(N)=O)c(NC(=O)C3CC3)n2)CCN(C(=O)OC(C)C2CC2)CC1.[C-]#[N+]CC1(n2cc(C(N)=O)c(NC(=O)C3CC3)n2)CCN(CCc2ccccc2)CC1.[C-]#[N+]CC1(n2cc(C(N)=O)c(NC(=O)C3CC3)n2)CCN(Cc2ccc(-c3ccccn3)cc2)CC1.[C-]#[N+]CC1(n2cc(C(N)=O)c(NC(=O)C3CC3)n2)CCN(Cc2ccccc2F)CC1. The van der Waals surface area contributed by atoms with Gasteiger partial charge in [-0.05, 0) is 164 Å². The van der Waals surface area contributed by atoms with Crippen LogP contribution in [0.1, 0.15) is 181 Å². The number of likely N-dealkylation sites (tertiary alicyclic amines) is 4. The Morgan fingerprint density at radius 1 is 0.434 bits per heavy atom.